The predicted octanol–water partition coefficient (Wildman–Crippen LogP) is 4.69. The zero-order valence-electron chi connectivity index (χ0n) is 20.7. The van der Waals surface area contributed by atoms with Crippen LogP contribution in [-0.4, -0.2) is 58.5 Å². The van der Waals surface area contributed by atoms with Gasteiger partial charge in [-0.25, -0.2) is 0 Å². The normalized spacial score (nSPS) is 26.6. The van der Waals surface area contributed by atoms with Crippen LogP contribution in [0.4, 0.5) is 0 Å². The van der Waals surface area contributed by atoms with Crippen molar-refractivity contribution in [2.45, 2.75) is 58.4 Å². The van der Waals surface area contributed by atoms with E-state index in [2.05, 4.69) is 36.2 Å². The molecule has 0 radical (unpaired) electrons. The highest BCUT2D eigenvalue weighted by molar-refractivity contribution is 5.49. The molecule has 180 valence electrons. The molecule has 0 saturated carbocycles. The summed E-state index contributed by atoms with van der Waals surface area (Å²) in [5.41, 5.74) is 2.87. The SMILES string of the molecule is COc1cc2c(cc1OC)[C@H]1C[C@@H](COCCC3CCNCC3)[C@H](CC(C)C)CN1CC2. The number of fused-ring (bicyclic) bond motifs is 3. The van der Waals surface area contributed by atoms with Crippen LogP contribution in [-0.2, 0) is 11.2 Å². The number of nitrogens with one attached hydrogen (secondary N) is 1. The first-order valence-electron chi connectivity index (χ1n) is 12.9. The summed E-state index contributed by atoms with van der Waals surface area (Å²) in [7, 11) is 3.47. The van der Waals surface area contributed by atoms with Gasteiger partial charge in [0.25, 0.3) is 0 Å². The van der Waals surface area contributed by atoms with E-state index in [1.807, 2.05) is 0 Å². The summed E-state index contributed by atoms with van der Waals surface area (Å²) >= 11 is 0. The highest BCUT2D eigenvalue weighted by Crippen LogP contribution is 2.45. The first-order chi connectivity index (χ1) is 15.6. The van der Waals surface area contributed by atoms with E-state index in [1.165, 1.54) is 62.9 Å². The maximum Gasteiger partial charge on any atom is 0.161 e. The standard InChI is InChI=1S/C27H44N2O3/c1-19(2)13-22-17-29-11-7-21-15-26(30-3)27(31-4)16-24(21)25(29)14-23(22)18-32-12-8-20-5-9-28-10-6-20/h15-16,19-20,22-23,25,28H,5-14,17-18H2,1-4H3/t22-,23+,25-/m1/s1. The topological polar surface area (TPSA) is 43.0 Å². The molecule has 1 N–H and O–H groups in total. The molecule has 4 rings (SSSR count). The second-order valence-electron chi connectivity index (χ2n) is 10.6. The Morgan fingerprint density at radius 2 is 1.81 bits per heavy atom. The van der Waals surface area contributed by atoms with Gasteiger partial charge in [-0.3, -0.25) is 4.90 Å². The number of ether oxygens (including phenoxy) is 3. The van der Waals surface area contributed by atoms with Gasteiger partial charge < -0.3 is 19.5 Å². The minimum atomic E-state index is 0.472. The van der Waals surface area contributed by atoms with Crippen LogP contribution < -0.4 is 14.8 Å². The van der Waals surface area contributed by atoms with Crippen molar-refractivity contribution in [2.24, 2.45) is 23.7 Å². The Labute approximate surface area is 195 Å². The Kier molecular flexibility index (Phi) is 8.36. The van der Waals surface area contributed by atoms with Crippen molar-refractivity contribution < 1.29 is 14.2 Å². The summed E-state index contributed by atoms with van der Waals surface area (Å²) in [5, 5.41) is 3.47. The van der Waals surface area contributed by atoms with Crippen LogP contribution in [0.5, 0.6) is 11.5 Å². The molecule has 0 bridgehead atoms. The second kappa shape index (κ2) is 11.2. The Morgan fingerprint density at radius 3 is 2.53 bits per heavy atom. The van der Waals surface area contributed by atoms with Crippen LogP contribution in [0.25, 0.3) is 0 Å². The number of benzene rings is 1. The molecule has 3 aliphatic heterocycles. The van der Waals surface area contributed by atoms with Gasteiger partial charge in [-0.15, -0.1) is 0 Å². The molecule has 3 heterocycles. The van der Waals surface area contributed by atoms with E-state index < -0.39 is 0 Å². The number of piperidine rings is 2. The van der Waals surface area contributed by atoms with Crippen LogP contribution in [0, 0.1) is 23.7 Å². The maximum absolute atomic E-state index is 6.35. The average Bonchev–Trinajstić information content (AvgIpc) is 2.81. The molecular weight excluding hydrogens is 400 g/mol. The van der Waals surface area contributed by atoms with E-state index in [-0.39, 0.29) is 0 Å². The van der Waals surface area contributed by atoms with E-state index in [9.17, 15) is 0 Å². The highest BCUT2D eigenvalue weighted by Gasteiger charge is 2.39. The smallest absolute Gasteiger partial charge is 0.161 e. The van der Waals surface area contributed by atoms with E-state index >= 15 is 0 Å². The molecule has 0 aromatic heterocycles. The number of hydrogen-bond donors (Lipinski definition) is 1. The molecule has 1 aromatic carbocycles. The lowest BCUT2D eigenvalue weighted by atomic mass is 9.74. The van der Waals surface area contributed by atoms with Crippen molar-refractivity contribution >= 4 is 0 Å². The second-order valence-corrected chi connectivity index (χ2v) is 10.6. The van der Waals surface area contributed by atoms with Gasteiger partial charge in [-0.1, -0.05) is 13.8 Å². The van der Waals surface area contributed by atoms with Crippen molar-refractivity contribution in [3.8, 4) is 11.5 Å². The first-order valence-corrected chi connectivity index (χ1v) is 12.9. The summed E-state index contributed by atoms with van der Waals surface area (Å²) in [6.45, 7) is 11.3. The largest absolute Gasteiger partial charge is 0.493 e. The average molecular weight is 445 g/mol. The summed E-state index contributed by atoms with van der Waals surface area (Å²) in [4.78, 5) is 2.73. The Morgan fingerprint density at radius 1 is 1.06 bits per heavy atom. The zero-order valence-corrected chi connectivity index (χ0v) is 20.7. The van der Waals surface area contributed by atoms with Crippen molar-refractivity contribution in [3.63, 3.8) is 0 Å². The fraction of sp³-hybridized carbons (Fsp3) is 0.778. The molecule has 0 aliphatic carbocycles. The molecule has 1 aromatic rings. The van der Waals surface area contributed by atoms with Gasteiger partial charge >= 0.3 is 0 Å². The predicted molar refractivity (Wildman–Crippen MR) is 130 cm³/mol. The lowest BCUT2D eigenvalue weighted by Gasteiger charge is -2.47. The third-order valence-corrected chi connectivity index (χ3v) is 8.01. The zero-order chi connectivity index (χ0) is 22.5. The lowest BCUT2D eigenvalue weighted by molar-refractivity contribution is -0.00819. The van der Waals surface area contributed by atoms with E-state index in [0.29, 0.717) is 12.0 Å². The minimum Gasteiger partial charge on any atom is -0.493 e. The van der Waals surface area contributed by atoms with E-state index in [0.717, 1.165) is 55.4 Å². The Balaban J connectivity index is 1.43. The molecule has 2 fully saturated rings. The molecular formula is C27H44N2O3. The van der Waals surface area contributed by atoms with Gasteiger partial charge in [-0.05, 0) is 98.5 Å². The summed E-state index contributed by atoms with van der Waals surface area (Å²) in [6, 6.07) is 4.92. The van der Waals surface area contributed by atoms with Crippen molar-refractivity contribution in [1.82, 2.24) is 10.2 Å². The Bertz CT molecular complexity index is 732. The molecule has 0 unspecified atom stereocenters. The fourth-order valence-corrected chi connectivity index (χ4v) is 6.24. The number of rotatable bonds is 9. The highest BCUT2D eigenvalue weighted by atomic mass is 16.5. The van der Waals surface area contributed by atoms with Gasteiger partial charge in [-0.2, -0.15) is 0 Å². The molecule has 0 spiro atoms. The minimum absolute atomic E-state index is 0.472. The third kappa shape index (κ3) is 5.60. The van der Waals surface area contributed by atoms with Crippen molar-refractivity contribution in [3.05, 3.63) is 23.3 Å². The van der Waals surface area contributed by atoms with Crippen molar-refractivity contribution in [2.75, 3.05) is 53.6 Å². The van der Waals surface area contributed by atoms with Gasteiger partial charge in [0.15, 0.2) is 11.5 Å². The molecule has 5 heteroatoms. The molecule has 3 atom stereocenters. The van der Waals surface area contributed by atoms with Crippen LogP contribution in [0.1, 0.15) is 63.1 Å². The first kappa shape index (κ1) is 23.8. The summed E-state index contributed by atoms with van der Waals surface area (Å²) in [5.74, 6) is 4.64. The van der Waals surface area contributed by atoms with Gasteiger partial charge in [0.05, 0.1) is 14.2 Å². The number of nitrogens with zero attached hydrogens (tertiary/aromatic N) is 1. The quantitative estimate of drug-likeness (QED) is 0.560. The summed E-state index contributed by atoms with van der Waals surface area (Å²) < 4.78 is 17.6. The van der Waals surface area contributed by atoms with Crippen LogP contribution in [0.2, 0.25) is 0 Å². The van der Waals surface area contributed by atoms with Crippen LogP contribution in [0.15, 0.2) is 12.1 Å². The van der Waals surface area contributed by atoms with E-state index in [1.54, 1.807) is 14.2 Å². The maximum atomic E-state index is 6.35. The van der Waals surface area contributed by atoms with Gasteiger partial charge in [0, 0.05) is 32.3 Å². The number of methoxy groups -OCH3 is 2. The molecule has 2 saturated heterocycles. The Hall–Kier alpha value is -1.30. The number of hydrogen-bond acceptors (Lipinski definition) is 5. The fourth-order valence-electron chi connectivity index (χ4n) is 6.24. The third-order valence-electron chi connectivity index (χ3n) is 8.01. The van der Waals surface area contributed by atoms with Crippen LogP contribution in [0.3, 0.4) is 0 Å². The van der Waals surface area contributed by atoms with Gasteiger partial charge in [0.1, 0.15) is 0 Å². The summed E-state index contributed by atoms with van der Waals surface area (Å²) in [6.07, 6.45) is 7.41. The van der Waals surface area contributed by atoms with Crippen LogP contribution >= 0.6 is 0 Å². The van der Waals surface area contributed by atoms with Gasteiger partial charge in [0.2, 0.25) is 0 Å². The molecule has 32 heavy (non-hydrogen) atoms. The van der Waals surface area contributed by atoms with E-state index in [4.69, 9.17) is 14.2 Å². The monoisotopic (exact) mass is 444 g/mol. The molecule has 5 nitrogen and oxygen atoms in total. The molecule has 3 aliphatic rings. The van der Waals surface area contributed by atoms with Crippen molar-refractivity contribution in [1.29, 1.82) is 0 Å². The lowest BCUT2D eigenvalue weighted by Crippen LogP contribution is -2.47. The molecule has 0 amide bonds.